The zero-order chi connectivity index (χ0) is 24.3. The van der Waals surface area contributed by atoms with Gasteiger partial charge in [-0.1, -0.05) is 84.9 Å². The number of nitrogens with zero attached hydrogens (tertiary/aromatic N) is 1. The van der Waals surface area contributed by atoms with Crippen LogP contribution in [0.1, 0.15) is 36.1 Å². The number of amides is 2. The third-order valence-corrected chi connectivity index (χ3v) is 6.61. The van der Waals surface area contributed by atoms with Crippen LogP contribution in [-0.4, -0.2) is 34.6 Å². The molecule has 3 aromatic carbocycles. The molecular weight excluding hydrogens is 440 g/mol. The zero-order valence-electron chi connectivity index (χ0n) is 20.2. The molecule has 0 radical (unpaired) electrons. The maximum Gasteiger partial charge on any atom is 0.243 e. The summed E-state index contributed by atoms with van der Waals surface area (Å²) in [5.41, 5.74) is 4.50. The summed E-state index contributed by atoms with van der Waals surface area (Å²) in [5.74, 6) is 0.940. The van der Waals surface area contributed by atoms with E-state index in [2.05, 4.69) is 24.4 Å². The maximum atomic E-state index is 13.6. The van der Waals surface area contributed by atoms with E-state index >= 15 is 0 Å². The Morgan fingerprint density at radius 3 is 2.06 bits per heavy atom. The van der Waals surface area contributed by atoms with Crippen molar-refractivity contribution in [3.8, 4) is 0 Å². The van der Waals surface area contributed by atoms with E-state index in [4.69, 9.17) is 0 Å². The van der Waals surface area contributed by atoms with Gasteiger partial charge in [-0.05, 0) is 43.0 Å². The molecule has 1 unspecified atom stereocenters. The Morgan fingerprint density at radius 1 is 0.853 bits per heavy atom. The van der Waals surface area contributed by atoms with E-state index in [1.165, 1.54) is 11.1 Å². The van der Waals surface area contributed by atoms with Gasteiger partial charge in [-0.25, -0.2) is 0 Å². The number of carbonyl (C=O) groups is 2. The highest BCUT2D eigenvalue weighted by molar-refractivity contribution is 7.99. The molecule has 1 atom stereocenters. The molecule has 0 spiro atoms. The number of benzene rings is 3. The van der Waals surface area contributed by atoms with Gasteiger partial charge in [0.1, 0.15) is 6.04 Å². The minimum atomic E-state index is -0.587. The summed E-state index contributed by atoms with van der Waals surface area (Å²) in [6, 6.07) is 27.4. The summed E-state index contributed by atoms with van der Waals surface area (Å²) in [7, 11) is 0. The molecule has 0 heterocycles. The van der Waals surface area contributed by atoms with Crippen molar-refractivity contribution >= 4 is 23.6 Å². The number of hydrogen-bond acceptors (Lipinski definition) is 3. The molecule has 34 heavy (non-hydrogen) atoms. The predicted molar refractivity (Wildman–Crippen MR) is 142 cm³/mol. The van der Waals surface area contributed by atoms with Crippen LogP contribution < -0.4 is 5.32 Å². The van der Waals surface area contributed by atoms with E-state index < -0.39 is 6.04 Å². The first-order chi connectivity index (χ1) is 16.4. The van der Waals surface area contributed by atoms with E-state index in [-0.39, 0.29) is 17.9 Å². The van der Waals surface area contributed by atoms with Crippen molar-refractivity contribution in [2.45, 2.75) is 51.6 Å². The highest BCUT2D eigenvalue weighted by Gasteiger charge is 2.30. The SMILES string of the molecule is Cc1ccccc1CSCC(=O)N(Cc1ccccc1)C(Cc1ccccc1)C(=O)NC(C)C. The summed E-state index contributed by atoms with van der Waals surface area (Å²) in [4.78, 5) is 28.6. The van der Waals surface area contributed by atoms with Gasteiger partial charge in [-0.2, -0.15) is 0 Å². The van der Waals surface area contributed by atoms with Crippen molar-refractivity contribution in [1.82, 2.24) is 10.2 Å². The van der Waals surface area contributed by atoms with Crippen molar-refractivity contribution in [2.75, 3.05) is 5.75 Å². The van der Waals surface area contributed by atoms with Crippen LogP contribution in [0.4, 0.5) is 0 Å². The smallest absolute Gasteiger partial charge is 0.243 e. The topological polar surface area (TPSA) is 49.4 Å². The minimum Gasteiger partial charge on any atom is -0.352 e. The summed E-state index contributed by atoms with van der Waals surface area (Å²) in [5, 5.41) is 3.03. The van der Waals surface area contributed by atoms with E-state index in [9.17, 15) is 9.59 Å². The molecule has 1 N–H and O–H groups in total. The second-order valence-corrected chi connectivity index (χ2v) is 9.78. The maximum absolute atomic E-state index is 13.6. The zero-order valence-corrected chi connectivity index (χ0v) is 21.1. The summed E-state index contributed by atoms with van der Waals surface area (Å²) >= 11 is 1.59. The summed E-state index contributed by atoms with van der Waals surface area (Å²) < 4.78 is 0. The normalized spacial score (nSPS) is 11.8. The predicted octanol–water partition coefficient (Wildman–Crippen LogP) is 5.39. The fourth-order valence-electron chi connectivity index (χ4n) is 3.82. The lowest BCUT2D eigenvalue weighted by atomic mass is 10.0. The standard InChI is InChI=1S/C29H34N2O2S/c1-22(2)30-29(33)27(18-24-13-6-4-7-14-24)31(19-25-15-8-5-9-16-25)28(32)21-34-20-26-17-11-10-12-23(26)3/h4-17,22,27H,18-21H2,1-3H3,(H,30,33). The minimum absolute atomic E-state index is 0.00474. The first kappa shape index (κ1) is 25.6. The van der Waals surface area contributed by atoms with Crippen LogP contribution in [0.2, 0.25) is 0 Å². The largest absolute Gasteiger partial charge is 0.352 e. The third-order valence-electron chi connectivity index (χ3n) is 5.64. The Kier molecular flexibility index (Phi) is 9.77. The molecule has 0 bridgehead atoms. The molecule has 0 saturated heterocycles. The molecule has 3 aromatic rings. The summed E-state index contributed by atoms with van der Waals surface area (Å²) in [6.07, 6.45) is 0.473. The second kappa shape index (κ2) is 13.0. The lowest BCUT2D eigenvalue weighted by Crippen LogP contribution is -2.52. The highest BCUT2D eigenvalue weighted by Crippen LogP contribution is 2.20. The van der Waals surface area contributed by atoms with E-state index in [0.717, 1.165) is 16.9 Å². The van der Waals surface area contributed by atoms with Crippen molar-refractivity contribution in [3.05, 3.63) is 107 Å². The van der Waals surface area contributed by atoms with Crippen LogP contribution in [0.5, 0.6) is 0 Å². The average molecular weight is 475 g/mol. The molecule has 3 rings (SSSR count). The first-order valence-electron chi connectivity index (χ1n) is 11.7. The van der Waals surface area contributed by atoms with Gasteiger partial charge in [0.2, 0.25) is 11.8 Å². The molecule has 0 aromatic heterocycles. The van der Waals surface area contributed by atoms with Gasteiger partial charge < -0.3 is 10.2 Å². The Bertz CT molecular complexity index is 1050. The first-order valence-corrected chi connectivity index (χ1v) is 12.9. The Labute approximate surface area is 207 Å². The van der Waals surface area contributed by atoms with Crippen LogP contribution >= 0.6 is 11.8 Å². The van der Waals surface area contributed by atoms with Crippen LogP contribution in [0.25, 0.3) is 0 Å². The molecule has 0 aliphatic heterocycles. The number of rotatable bonds is 11. The van der Waals surface area contributed by atoms with Gasteiger partial charge in [-0.15, -0.1) is 11.8 Å². The molecule has 4 nitrogen and oxygen atoms in total. The molecule has 0 saturated carbocycles. The van der Waals surface area contributed by atoms with Gasteiger partial charge in [0, 0.05) is 24.8 Å². The van der Waals surface area contributed by atoms with Crippen molar-refractivity contribution in [1.29, 1.82) is 0 Å². The fourth-order valence-corrected chi connectivity index (χ4v) is 4.80. The van der Waals surface area contributed by atoms with Crippen LogP contribution in [0.3, 0.4) is 0 Å². The lowest BCUT2D eigenvalue weighted by molar-refractivity contribution is -0.139. The van der Waals surface area contributed by atoms with Crippen LogP contribution in [0, 0.1) is 6.92 Å². The Morgan fingerprint density at radius 2 is 1.44 bits per heavy atom. The third kappa shape index (κ3) is 7.77. The lowest BCUT2D eigenvalue weighted by Gasteiger charge is -2.32. The number of hydrogen-bond donors (Lipinski definition) is 1. The molecular formula is C29H34N2O2S. The van der Waals surface area contributed by atoms with E-state index in [1.807, 2.05) is 86.6 Å². The number of thioether (sulfide) groups is 1. The molecule has 0 aliphatic rings. The second-order valence-electron chi connectivity index (χ2n) is 8.80. The van der Waals surface area contributed by atoms with E-state index in [0.29, 0.717) is 18.7 Å². The van der Waals surface area contributed by atoms with Crippen molar-refractivity contribution < 1.29 is 9.59 Å². The van der Waals surface area contributed by atoms with Gasteiger partial charge >= 0.3 is 0 Å². The number of carbonyl (C=O) groups excluding carboxylic acids is 2. The molecule has 0 aliphatic carbocycles. The highest BCUT2D eigenvalue weighted by atomic mass is 32.2. The van der Waals surface area contributed by atoms with Crippen LogP contribution in [0.15, 0.2) is 84.9 Å². The molecule has 178 valence electrons. The van der Waals surface area contributed by atoms with Gasteiger partial charge in [-0.3, -0.25) is 9.59 Å². The van der Waals surface area contributed by atoms with Crippen molar-refractivity contribution in [3.63, 3.8) is 0 Å². The molecule has 0 fully saturated rings. The Balaban J connectivity index is 1.83. The molecule has 2 amide bonds. The van der Waals surface area contributed by atoms with Gasteiger partial charge in [0.15, 0.2) is 0 Å². The monoisotopic (exact) mass is 474 g/mol. The molecule has 5 heteroatoms. The van der Waals surface area contributed by atoms with Gasteiger partial charge in [0.05, 0.1) is 5.75 Å². The van der Waals surface area contributed by atoms with Crippen molar-refractivity contribution in [2.24, 2.45) is 0 Å². The number of aryl methyl sites for hydroxylation is 1. The van der Waals surface area contributed by atoms with Crippen LogP contribution in [-0.2, 0) is 28.3 Å². The average Bonchev–Trinajstić information content (AvgIpc) is 2.83. The van der Waals surface area contributed by atoms with Gasteiger partial charge in [0.25, 0.3) is 0 Å². The van der Waals surface area contributed by atoms with E-state index in [1.54, 1.807) is 16.7 Å². The summed E-state index contributed by atoms with van der Waals surface area (Å²) in [6.45, 7) is 6.37. The Hall–Kier alpha value is -3.05. The fraction of sp³-hybridized carbons (Fsp3) is 0.310. The number of nitrogens with one attached hydrogen (secondary N) is 1. The quantitative estimate of drug-likeness (QED) is 0.405.